The fourth-order valence-electron chi connectivity index (χ4n) is 3.87. The third-order valence-electron chi connectivity index (χ3n) is 5.37. The Morgan fingerprint density at radius 1 is 1.03 bits per heavy atom. The summed E-state index contributed by atoms with van der Waals surface area (Å²) >= 11 is 0. The number of carbonyl (C=O) groups excluding carboxylic acids is 1. The molecule has 0 aliphatic carbocycles. The lowest BCUT2D eigenvalue weighted by Crippen LogP contribution is -2.27. The number of anilines is 1. The molecule has 0 saturated carbocycles. The first-order valence-corrected chi connectivity index (χ1v) is 12.4. The number of amides is 1. The van der Waals surface area contributed by atoms with Gasteiger partial charge < -0.3 is 29.2 Å². The van der Waals surface area contributed by atoms with Crippen LogP contribution in [0.3, 0.4) is 0 Å². The highest BCUT2D eigenvalue weighted by Crippen LogP contribution is 2.31. The maximum absolute atomic E-state index is 12.7. The van der Waals surface area contributed by atoms with Crippen molar-refractivity contribution in [3.8, 4) is 0 Å². The van der Waals surface area contributed by atoms with Crippen LogP contribution in [0.1, 0.15) is 52.8 Å². The van der Waals surface area contributed by atoms with Crippen molar-refractivity contribution in [3.05, 3.63) is 30.1 Å². The second kappa shape index (κ2) is 12.9. The van der Waals surface area contributed by atoms with E-state index in [9.17, 15) is 9.90 Å². The average Bonchev–Trinajstić information content (AvgIpc) is 3.16. The summed E-state index contributed by atoms with van der Waals surface area (Å²) < 4.78 is 18.5. The smallest absolute Gasteiger partial charge is 0.225 e. The van der Waals surface area contributed by atoms with Crippen molar-refractivity contribution >= 4 is 33.7 Å². The molecule has 3 rings (SSSR count). The summed E-state index contributed by atoms with van der Waals surface area (Å²) in [5, 5.41) is 14.4. The summed E-state index contributed by atoms with van der Waals surface area (Å²) in [5.74, 6) is 0.946. The van der Waals surface area contributed by atoms with Gasteiger partial charge in [0.05, 0.1) is 23.2 Å². The number of para-hydroxylation sites is 1. The highest BCUT2D eigenvalue weighted by Gasteiger charge is 2.23. The van der Waals surface area contributed by atoms with Crippen LogP contribution >= 0.6 is 0 Å². The number of hydrogen-bond acceptors (Lipinski definition) is 7. The first kappa shape index (κ1) is 27.0. The topological polar surface area (TPSA) is 108 Å². The van der Waals surface area contributed by atoms with Crippen molar-refractivity contribution in [2.24, 2.45) is 0 Å². The van der Waals surface area contributed by atoms with Crippen molar-refractivity contribution in [1.29, 1.82) is 0 Å². The quantitative estimate of drug-likeness (QED) is 0.312. The molecule has 0 unspecified atom stereocenters. The maximum Gasteiger partial charge on any atom is 0.225 e. The largest absolute Gasteiger partial charge is 0.389 e. The number of nitrogens with zero attached hydrogens (tertiary/aromatic N) is 3. The predicted molar refractivity (Wildman–Crippen MR) is 136 cm³/mol. The molecule has 0 radical (unpaired) electrons. The summed E-state index contributed by atoms with van der Waals surface area (Å²) in [4.78, 5) is 22.2. The summed E-state index contributed by atoms with van der Waals surface area (Å²) in [7, 11) is 0. The SMILES string of the molecule is CCOCCCOCCCC(=O)Nc1nc2ccccc2c2c1nc(COCC)n2CC(C)(C)O. The molecule has 0 bridgehead atoms. The Morgan fingerprint density at radius 2 is 1.74 bits per heavy atom. The summed E-state index contributed by atoms with van der Waals surface area (Å²) in [6, 6.07) is 7.74. The lowest BCUT2D eigenvalue weighted by atomic mass is 10.1. The Morgan fingerprint density at radius 3 is 2.49 bits per heavy atom. The molecule has 0 fully saturated rings. The molecule has 9 nitrogen and oxygen atoms in total. The Kier molecular flexibility index (Phi) is 9.97. The van der Waals surface area contributed by atoms with Gasteiger partial charge in [-0.3, -0.25) is 4.79 Å². The normalized spacial score (nSPS) is 12.0. The van der Waals surface area contributed by atoms with Crippen molar-refractivity contribution in [2.45, 2.75) is 65.7 Å². The van der Waals surface area contributed by atoms with E-state index in [0.717, 1.165) is 22.8 Å². The van der Waals surface area contributed by atoms with Gasteiger partial charge in [-0.15, -0.1) is 0 Å². The monoisotopic (exact) mass is 486 g/mol. The summed E-state index contributed by atoms with van der Waals surface area (Å²) in [6.45, 7) is 11.1. The van der Waals surface area contributed by atoms with Gasteiger partial charge in [-0.05, 0) is 46.6 Å². The minimum Gasteiger partial charge on any atom is -0.389 e. The van der Waals surface area contributed by atoms with Crippen molar-refractivity contribution < 1.29 is 24.1 Å². The molecule has 192 valence electrons. The number of nitrogens with one attached hydrogen (secondary N) is 1. The zero-order chi connectivity index (χ0) is 25.3. The first-order chi connectivity index (χ1) is 16.8. The third kappa shape index (κ3) is 7.70. The molecule has 0 atom stereocenters. The number of carbonyl (C=O) groups is 1. The molecule has 0 saturated heterocycles. The van der Waals surface area contributed by atoms with Gasteiger partial charge in [0, 0.05) is 44.8 Å². The number of aliphatic hydroxyl groups is 1. The zero-order valence-electron chi connectivity index (χ0n) is 21.3. The Balaban J connectivity index is 1.82. The molecule has 0 aliphatic heterocycles. The van der Waals surface area contributed by atoms with Gasteiger partial charge in [0.15, 0.2) is 5.82 Å². The predicted octanol–water partition coefficient (Wildman–Crippen LogP) is 4.05. The van der Waals surface area contributed by atoms with E-state index in [4.69, 9.17) is 24.2 Å². The average molecular weight is 487 g/mol. The van der Waals surface area contributed by atoms with Crippen LogP contribution in [0.5, 0.6) is 0 Å². The molecule has 2 aromatic heterocycles. The molecule has 0 spiro atoms. The van der Waals surface area contributed by atoms with Crippen LogP contribution in [-0.2, 0) is 32.2 Å². The lowest BCUT2D eigenvalue weighted by Gasteiger charge is -2.20. The van der Waals surface area contributed by atoms with E-state index >= 15 is 0 Å². The van der Waals surface area contributed by atoms with Gasteiger partial charge >= 0.3 is 0 Å². The van der Waals surface area contributed by atoms with Crippen LogP contribution in [0, 0.1) is 0 Å². The van der Waals surface area contributed by atoms with Gasteiger partial charge in [-0.1, -0.05) is 18.2 Å². The molecule has 3 aromatic rings. The summed E-state index contributed by atoms with van der Waals surface area (Å²) in [6.07, 6.45) is 1.77. The number of ether oxygens (including phenoxy) is 3. The van der Waals surface area contributed by atoms with E-state index < -0.39 is 5.60 Å². The molecule has 0 aliphatic rings. The highest BCUT2D eigenvalue weighted by molar-refractivity contribution is 6.09. The van der Waals surface area contributed by atoms with Crippen LogP contribution in [0.25, 0.3) is 21.9 Å². The third-order valence-corrected chi connectivity index (χ3v) is 5.37. The molecule has 9 heteroatoms. The van der Waals surface area contributed by atoms with Crippen LogP contribution in [0.15, 0.2) is 24.3 Å². The van der Waals surface area contributed by atoms with Gasteiger partial charge in [0.2, 0.25) is 5.91 Å². The van der Waals surface area contributed by atoms with Crippen molar-refractivity contribution in [1.82, 2.24) is 14.5 Å². The Bertz CT molecular complexity index is 1110. The number of rotatable bonds is 15. The van der Waals surface area contributed by atoms with Crippen LogP contribution in [-0.4, -0.2) is 64.2 Å². The van der Waals surface area contributed by atoms with E-state index in [1.54, 1.807) is 13.8 Å². The summed E-state index contributed by atoms with van der Waals surface area (Å²) in [5.41, 5.74) is 1.18. The van der Waals surface area contributed by atoms with Crippen molar-refractivity contribution in [2.75, 3.05) is 38.4 Å². The second-order valence-electron chi connectivity index (χ2n) is 9.05. The van der Waals surface area contributed by atoms with E-state index in [1.165, 1.54) is 0 Å². The minimum atomic E-state index is -0.967. The number of pyridine rings is 1. The van der Waals surface area contributed by atoms with Crippen molar-refractivity contribution in [3.63, 3.8) is 0 Å². The first-order valence-electron chi connectivity index (χ1n) is 12.4. The minimum absolute atomic E-state index is 0.143. The number of aromatic nitrogens is 3. The van der Waals surface area contributed by atoms with Crippen LogP contribution in [0.4, 0.5) is 5.82 Å². The molecule has 2 N–H and O–H groups in total. The number of fused-ring (bicyclic) bond motifs is 3. The Labute approximate surface area is 206 Å². The standard InChI is InChI=1S/C26H38N4O5/c1-5-33-15-10-16-35-14-9-13-22(31)29-25-23-24(19-11-7-8-12-20(19)27-25)30(18-26(3,4)32)21(28-23)17-34-6-2/h7-8,11-12,32H,5-6,9-10,13-18H2,1-4H3,(H,27,29,31). The van der Waals surface area contributed by atoms with Crippen LogP contribution in [0.2, 0.25) is 0 Å². The van der Waals surface area contributed by atoms with E-state index in [0.29, 0.717) is 76.2 Å². The fraction of sp³-hybridized carbons (Fsp3) is 0.577. The zero-order valence-corrected chi connectivity index (χ0v) is 21.3. The molecular weight excluding hydrogens is 448 g/mol. The molecule has 35 heavy (non-hydrogen) atoms. The maximum atomic E-state index is 12.7. The Hall–Kier alpha value is -2.59. The van der Waals surface area contributed by atoms with E-state index in [1.807, 2.05) is 42.7 Å². The number of hydrogen-bond donors (Lipinski definition) is 2. The molecule has 1 amide bonds. The second-order valence-corrected chi connectivity index (χ2v) is 9.05. The lowest BCUT2D eigenvalue weighted by molar-refractivity contribution is -0.116. The highest BCUT2D eigenvalue weighted by atomic mass is 16.5. The number of benzene rings is 1. The van der Waals surface area contributed by atoms with Gasteiger partial charge in [-0.2, -0.15) is 0 Å². The molecule has 2 heterocycles. The van der Waals surface area contributed by atoms with E-state index in [2.05, 4.69) is 5.32 Å². The van der Waals surface area contributed by atoms with Crippen LogP contribution < -0.4 is 5.32 Å². The fourth-order valence-corrected chi connectivity index (χ4v) is 3.87. The van der Waals surface area contributed by atoms with Gasteiger partial charge in [0.1, 0.15) is 17.9 Å². The van der Waals surface area contributed by atoms with Gasteiger partial charge in [-0.25, -0.2) is 9.97 Å². The van der Waals surface area contributed by atoms with E-state index in [-0.39, 0.29) is 5.91 Å². The molecule has 1 aromatic carbocycles. The van der Waals surface area contributed by atoms with Gasteiger partial charge in [0.25, 0.3) is 0 Å². The molecular formula is C26H38N4O5. The number of imidazole rings is 1.